The van der Waals surface area contributed by atoms with Crippen LogP contribution in [0.15, 0.2) is 164 Å². The van der Waals surface area contributed by atoms with Gasteiger partial charge in [0.2, 0.25) is 0 Å². The summed E-state index contributed by atoms with van der Waals surface area (Å²) in [6.45, 7) is 2.57. The summed E-state index contributed by atoms with van der Waals surface area (Å²) in [7, 11) is -10.3. The third-order valence-electron chi connectivity index (χ3n) is 11.0. The largest absolute Gasteiger partial charge is 0.397 e. The first-order valence-electron chi connectivity index (χ1n) is 22.1. The highest BCUT2D eigenvalue weighted by Crippen LogP contribution is 2.37. The van der Waals surface area contributed by atoms with Gasteiger partial charge in [-0.2, -0.15) is 16.8 Å². The van der Waals surface area contributed by atoms with E-state index in [1.54, 1.807) is 24.3 Å². The van der Waals surface area contributed by atoms with E-state index in [9.17, 15) is 25.9 Å². The Morgan fingerprint density at radius 1 is 0.449 bits per heavy atom. The quantitative estimate of drug-likeness (QED) is 0.0442. The molecule has 370 valence electrons. The second-order valence-electron chi connectivity index (χ2n) is 16.1. The van der Waals surface area contributed by atoms with E-state index < -0.39 is 88.8 Å². The fourth-order valence-electron chi connectivity index (χ4n) is 7.83. The van der Waals surface area contributed by atoms with Crippen LogP contribution < -0.4 is 0 Å². The van der Waals surface area contributed by atoms with Crippen LogP contribution in [0.25, 0.3) is 0 Å². The van der Waals surface area contributed by atoms with E-state index in [0.717, 1.165) is 16.7 Å². The summed E-state index contributed by atoms with van der Waals surface area (Å²) in [5.41, 5.74) is 3.71. The van der Waals surface area contributed by atoms with Gasteiger partial charge in [-0.05, 0) is 27.8 Å². The van der Waals surface area contributed by atoms with E-state index in [4.69, 9.17) is 51.0 Å². The lowest BCUT2D eigenvalue weighted by atomic mass is 9.96. The van der Waals surface area contributed by atoms with Gasteiger partial charge in [0.05, 0.1) is 52.9 Å². The maximum atomic E-state index is 13.0. The molecule has 5 aromatic rings. The van der Waals surface area contributed by atoms with Crippen molar-refractivity contribution in [3.8, 4) is 0 Å². The van der Waals surface area contributed by atoms with Gasteiger partial charge < -0.3 is 42.6 Å². The highest BCUT2D eigenvalue weighted by Gasteiger charge is 2.56. The van der Waals surface area contributed by atoms with Crippen molar-refractivity contribution in [3.05, 3.63) is 192 Å². The van der Waals surface area contributed by atoms with Gasteiger partial charge >= 0.3 is 20.8 Å². The van der Waals surface area contributed by atoms with E-state index in [0.29, 0.717) is 11.1 Å². The average Bonchev–Trinajstić information content (AvgIpc) is 3.35. The molecular formula is C50H56O17S2. The third kappa shape index (κ3) is 16.4. The van der Waals surface area contributed by atoms with Gasteiger partial charge in [0, 0.05) is 0 Å². The van der Waals surface area contributed by atoms with Crippen molar-refractivity contribution in [3.63, 3.8) is 0 Å². The summed E-state index contributed by atoms with van der Waals surface area (Å²) >= 11 is 0. The van der Waals surface area contributed by atoms with Crippen LogP contribution in [0.2, 0.25) is 0 Å². The molecule has 0 radical (unpaired) electrons. The van der Waals surface area contributed by atoms with Crippen molar-refractivity contribution in [2.45, 2.75) is 94.4 Å². The number of ether oxygens (including phenoxy) is 9. The molecule has 2 aliphatic heterocycles. The van der Waals surface area contributed by atoms with Gasteiger partial charge in [-0.25, -0.2) is 8.37 Å². The normalized spacial score (nSPS) is 25.2. The first kappa shape index (κ1) is 52.1. The number of benzene rings is 5. The second kappa shape index (κ2) is 25.9. The van der Waals surface area contributed by atoms with E-state index in [1.165, 1.54) is 6.08 Å². The lowest BCUT2D eigenvalue weighted by molar-refractivity contribution is -0.373. The van der Waals surface area contributed by atoms with Crippen LogP contribution in [0.1, 0.15) is 27.8 Å². The Labute approximate surface area is 402 Å². The van der Waals surface area contributed by atoms with Crippen LogP contribution in [-0.4, -0.2) is 107 Å². The number of rotatable bonds is 26. The summed E-state index contributed by atoms with van der Waals surface area (Å²) in [6.07, 6.45) is -12.4. The van der Waals surface area contributed by atoms with Crippen LogP contribution >= 0.6 is 0 Å². The molecule has 2 saturated heterocycles. The standard InChI is InChI=1S/C50H56O17S2/c1-2-28-58-49-47(61-32-39-24-14-6-15-25-39)45(43(42(64-49)35-63-68(51,52)53)59-30-37-20-10-4-11-21-37)66-50-48(62-33-40-26-16-7-17-27-40)46(67-69(54,55)56)44(60-31-38-22-12-5-13-23-38)41(65-50)34-57-29-36-18-8-3-9-19-36/h2-27,41-50H,1,28-35H2,(H,51,52,53)(H,54,55,56)/t41-,42-,43+,44+,45+,46+,47-,48-,49-,50-/m1/s1. The predicted molar refractivity (Wildman–Crippen MR) is 248 cm³/mol. The minimum absolute atomic E-state index is 0.0143. The van der Waals surface area contributed by atoms with Crippen LogP contribution in [-0.2, 0) is 105 Å². The highest BCUT2D eigenvalue weighted by atomic mass is 32.3. The smallest absolute Gasteiger partial charge is 0.374 e. The number of hydrogen-bond acceptors (Lipinski definition) is 15. The molecule has 10 atom stereocenters. The molecule has 2 N–H and O–H groups in total. The summed E-state index contributed by atoms with van der Waals surface area (Å²) in [5, 5.41) is 0. The minimum Gasteiger partial charge on any atom is -0.374 e. The van der Waals surface area contributed by atoms with Crippen molar-refractivity contribution in [2.75, 3.05) is 19.8 Å². The van der Waals surface area contributed by atoms with Crippen LogP contribution in [0.3, 0.4) is 0 Å². The van der Waals surface area contributed by atoms with E-state index in [-0.39, 0.29) is 46.2 Å². The highest BCUT2D eigenvalue weighted by molar-refractivity contribution is 7.81. The molecule has 0 bridgehead atoms. The Morgan fingerprint density at radius 3 is 1.25 bits per heavy atom. The van der Waals surface area contributed by atoms with Gasteiger partial charge in [0.1, 0.15) is 48.8 Å². The average molecular weight is 993 g/mol. The van der Waals surface area contributed by atoms with Gasteiger partial charge in [-0.15, -0.1) is 6.58 Å². The topological polar surface area (TPSA) is 210 Å². The molecule has 0 spiro atoms. The SMILES string of the molecule is C=CCO[C@@H]1O[C@H](COS(=O)(=O)O)[C@H](OCc2ccccc2)[C@H](O[C@H]2O[C@H](COCc3ccccc3)[C@H](OCc3ccccc3)[C@H](OS(=O)(=O)O)[C@H]2OCc2ccccc2)[C@H]1OCc1ccccc1. The first-order chi connectivity index (χ1) is 33.4. The molecule has 0 aromatic heterocycles. The lowest BCUT2D eigenvalue weighted by Crippen LogP contribution is -2.66. The molecule has 5 aromatic carbocycles. The fraction of sp³-hybridized carbons (Fsp3) is 0.360. The Hall–Kier alpha value is -4.78. The molecule has 17 nitrogen and oxygen atoms in total. The Kier molecular flexibility index (Phi) is 19.5. The molecule has 0 aliphatic carbocycles. The predicted octanol–water partition coefficient (Wildman–Crippen LogP) is 6.59. The van der Waals surface area contributed by atoms with Gasteiger partial charge in [-0.1, -0.05) is 158 Å². The van der Waals surface area contributed by atoms with Crippen LogP contribution in [0, 0.1) is 0 Å². The third-order valence-corrected chi connectivity index (χ3v) is 11.9. The maximum Gasteiger partial charge on any atom is 0.397 e. The molecule has 2 aliphatic rings. The van der Waals surface area contributed by atoms with Crippen molar-refractivity contribution in [1.29, 1.82) is 0 Å². The van der Waals surface area contributed by atoms with Gasteiger partial charge in [0.15, 0.2) is 12.6 Å². The zero-order chi connectivity index (χ0) is 48.5. The minimum atomic E-state index is -5.26. The zero-order valence-corrected chi connectivity index (χ0v) is 39.1. The molecule has 69 heavy (non-hydrogen) atoms. The first-order valence-corrected chi connectivity index (χ1v) is 24.9. The maximum absolute atomic E-state index is 13.0. The molecule has 0 unspecified atom stereocenters. The van der Waals surface area contributed by atoms with E-state index in [2.05, 4.69) is 6.58 Å². The molecule has 0 amide bonds. The van der Waals surface area contributed by atoms with Crippen LogP contribution in [0.5, 0.6) is 0 Å². The van der Waals surface area contributed by atoms with E-state index in [1.807, 2.05) is 127 Å². The summed E-state index contributed by atoms with van der Waals surface area (Å²) < 4.78 is 140. The van der Waals surface area contributed by atoms with E-state index >= 15 is 0 Å². The summed E-state index contributed by atoms with van der Waals surface area (Å²) in [5.74, 6) is 0. The summed E-state index contributed by atoms with van der Waals surface area (Å²) in [6, 6.07) is 45.7. The molecule has 0 saturated carbocycles. The van der Waals surface area contributed by atoms with Crippen LogP contribution in [0.4, 0.5) is 0 Å². The fourth-order valence-corrected chi connectivity index (χ4v) is 8.64. The zero-order valence-electron chi connectivity index (χ0n) is 37.5. The molecule has 2 fully saturated rings. The van der Waals surface area contributed by atoms with Crippen molar-refractivity contribution >= 4 is 20.8 Å². The van der Waals surface area contributed by atoms with Crippen molar-refractivity contribution < 1.29 is 76.9 Å². The van der Waals surface area contributed by atoms with Crippen molar-refractivity contribution in [1.82, 2.24) is 0 Å². The second-order valence-corrected chi connectivity index (χ2v) is 18.2. The molecular weight excluding hydrogens is 937 g/mol. The summed E-state index contributed by atoms with van der Waals surface area (Å²) in [4.78, 5) is 0. The van der Waals surface area contributed by atoms with Gasteiger partial charge in [0.25, 0.3) is 0 Å². The molecule has 2 heterocycles. The van der Waals surface area contributed by atoms with Crippen molar-refractivity contribution in [2.24, 2.45) is 0 Å². The molecule has 7 rings (SSSR count). The Balaban J connectivity index is 1.33. The Bertz CT molecular complexity index is 2490. The Morgan fingerprint density at radius 2 is 0.826 bits per heavy atom. The van der Waals surface area contributed by atoms with Gasteiger partial charge in [-0.3, -0.25) is 9.11 Å². The molecule has 19 heteroatoms. The number of hydrogen-bond donors (Lipinski definition) is 2. The monoisotopic (exact) mass is 992 g/mol. The lowest BCUT2D eigenvalue weighted by Gasteiger charge is -2.49.